The Morgan fingerprint density at radius 1 is 0.733 bits per heavy atom. The zero-order valence-electron chi connectivity index (χ0n) is 20.1. The van der Waals surface area contributed by atoms with Gasteiger partial charge in [0.05, 0.1) is 11.8 Å². The molecule has 2 rings (SSSR count). The van der Waals surface area contributed by atoms with E-state index in [1.165, 1.54) is 0 Å². The number of carbonyl (C=O) groups excluding carboxylic acids is 2. The minimum Gasteiger partial charge on any atom is -0.341 e. The van der Waals surface area contributed by atoms with Crippen LogP contribution in [0.25, 0.3) is 0 Å². The molecule has 6 nitrogen and oxygen atoms in total. The third kappa shape index (κ3) is 7.84. The van der Waals surface area contributed by atoms with E-state index in [4.69, 9.17) is 0 Å². The topological polar surface area (TPSA) is 47.1 Å². The van der Waals surface area contributed by atoms with Crippen molar-refractivity contribution in [3.05, 3.63) is 0 Å². The fourth-order valence-corrected chi connectivity index (χ4v) is 4.86. The van der Waals surface area contributed by atoms with E-state index in [9.17, 15) is 9.59 Å². The molecule has 2 aliphatic rings. The average molecular weight is 423 g/mol. The van der Waals surface area contributed by atoms with Crippen molar-refractivity contribution in [1.82, 2.24) is 19.6 Å². The molecule has 2 atom stereocenters. The molecule has 0 bridgehead atoms. The van der Waals surface area contributed by atoms with E-state index in [2.05, 4.69) is 47.5 Å². The van der Waals surface area contributed by atoms with Crippen molar-refractivity contribution in [2.24, 2.45) is 11.8 Å². The summed E-state index contributed by atoms with van der Waals surface area (Å²) in [6.07, 6.45) is 8.44. The lowest BCUT2D eigenvalue weighted by Gasteiger charge is -2.36. The van der Waals surface area contributed by atoms with Gasteiger partial charge in [0, 0.05) is 39.3 Å². The lowest BCUT2D eigenvalue weighted by Crippen LogP contribution is -2.49. The van der Waals surface area contributed by atoms with Crippen molar-refractivity contribution >= 4 is 11.8 Å². The Labute approximate surface area is 184 Å². The number of nitrogens with zero attached hydrogens (tertiary/aromatic N) is 4. The van der Waals surface area contributed by atoms with Gasteiger partial charge in [0.15, 0.2) is 0 Å². The van der Waals surface area contributed by atoms with Gasteiger partial charge in [-0.3, -0.25) is 9.59 Å². The molecule has 2 fully saturated rings. The summed E-state index contributed by atoms with van der Waals surface area (Å²) in [7, 11) is 4.23. The number of amides is 2. The second-order valence-corrected chi connectivity index (χ2v) is 9.56. The second kappa shape index (κ2) is 13.3. The van der Waals surface area contributed by atoms with Crippen LogP contribution in [0.2, 0.25) is 0 Å². The summed E-state index contributed by atoms with van der Waals surface area (Å²) < 4.78 is 0. The summed E-state index contributed by atoms with van der Waals surface area (Å²) in [5.41, 5.74) is 0. The minimum atomic E-state index is 0.118. The first-order valence-electron chi connectivity index (χ1n) is 12.4. The Morgan fingerprint density at radius 3 is 1.47 bits per heavy atom. The molecule has 2 amide bonds. The van der Waals surface area contributed by atoms with Crippen LogP contribution in [0.5, 0.6) is 0 Å². The second-order valence-electron chi connectivity index (χ2n) is 9.56. The van der Waals surface area contributed by atoms with Crippen LogP contribution in [0.1, 0.15) is 65.2 Å². The fraction of sp³-hybridized carbons (Fsp3) is 0.917. The first-order chi connectivity index (χ1) is 14.5. The molecule has 174 valence electrons. The van der Waals surface area contributed by atoms with Gasteiger partial charge in [-0.2, -0.15) is 0 Å². The van der Waals surface area contributed by atoms with Crippen LogP contribution < -0.4 is 0 Å². The lowest BCUT2D eigenvalue weighted by molar-refractivity contribution is -0.141. The fourth-order valence-electron chi connectivity index (χ4n) is 4.86. The number of piperidine rings is 2. The van der Waals surface area contributed by atoms with Crippen molar-refractivity contribution in [3.8, 4) is 0 Å². The van der Waals surface area contributed by atoms with Gasteiger partial charge in [-0.1, -0.05) is 26.7 Å². The molecule has 2 unspecified atom stereocenters. The van der Waals surface area contributed by atoms with Crippen LogP contribution in [-0.4, -0.2) is 97.9 Å². The molecule has 30 heavy (non-hydrogen) atoms. The molecular formula is C24H46N4O2. The molecule has 0 saturated carbocycles. The van der Waals surface area contributed by atoms with E-state index >= 15 is 0 Å². The monoisotopic (exact) mass is 422 g/mol. The highest BCUT2D eigenvalue weighted by atomic mass is 16.2. The van der Waals surface area contributed by atoms with Gasteiger partial charge in [0.1, 0.15) is 0 Å². The summed E-state index contributed by atoms with van der Waals surface area (Å²) in [6.45, 7) is 11.3. The Kier molecular flexibility index (Phi) is 11.1. The van der Waals surface area contributed by atoms with Gasteiger partial charge in [-0.15, -0.1) is 0 Å². The largest absolute Gasteiger partial charge is 0.341 e. The summed E-state index contributed by atoms with van der Waals surface area (Å²) in [4.78, 5) is 35.2. The summed E-state index contributed by atoms with van der Waals surface area (Å²) >= 11 is 0. The van der Waals surface area contributed by atoms with Crippen LogP contribution in [0.15, 0.2) is 0 Å². The highest BCUT2D eigenvalue weighted by molar-refractivity contribution is 5.80. The van der Waals surface area contributed by atoms with E-state index in [1.807, 2.05) is 0 Å². The molecule has 0 spiro atoms. The summed E-state index contributed by atoms with van der Waals surface area (Å²) in [6, 6.07) is 0. The minimum absolute atomic E-state index is 0.118. The van der Waals surface area contributed by atoms with E-state index in [0.717, 1.165) is 90.6 Å². The predicted molar refractivity (Wildman–Crippen MR) is 123 cm³/mol. The molecule has 0 aromatic carbocycles. The van der Waals surface area contributed by atoms with Gasteiger partial charge in [-0.25, -0.2) is 0 Å². The van der Waals surface area contributed by atoms with Crippen molar-refractivity contribution in [1.29, 1.82) is 0 Å². The summed E-state index contributed by atoms with van der Waals surface area (Å²) in [5.74, 6) is 0.838. The van der Waals surface area contributed by atoms with E-state index in [-0.39, 0.29) is 11.8 Å². The molecule has 6 heteroatoms. The molecule has 2 aliphatic heterocycles. The molecular weight excluding hydrogens is 376 g/mol. The highest BCUT2D eigenvalue weighted by Gasteiger charge is 2.30. The zero-order chi connectivity index (χ0) is 21.9. The Balaban J connectivity index is 2.00. The number of likely N-dealkylation sites (tertiary alicyclic amines) is 2. The molecule has 0 radical (unpaired) electrons. The lowest BCUT2D eigenvalue weighted by atomic mass is 9.96. The van der Waals surface area contributed by atoms with Gasteiger partial charge >= 0.3 is 0 Å². The number of hydrogen-bond acceptors (Lipinski definition) is 4. The molecule has 0 aromatic rings. The van der Waals surface area contributed by atoms with Crippen LogP contribution in [0, 0.1) is 11.8 Å². The maximum atomic E-state index is 13.3. The highest BCUT2D eigenvalue weighted by Crippen LogP contribution is 2.20. The predicted octanol–water partition coefficient (Wildman–Crippen LogP) is 2.93. The van der Waals surface area contributed by atoms with Gasteiger partial charge in [0.25, 0.3) is 0 Å². The third-order valence-corrected chi connectivity index (χ3v) is 6.77. The van der Waals surface area contributed by atoms with E-state index in [1.54, 1.807) is 0 Å². The maximum absolute atomic E-state index is 13.3. The van der Waals surface area contributed by atoms with Crippen molar-refractivity contribution in [2.45, 2.75) is 65.2 Å². The maximum Gasteiger partial charge on any atom is 0.227 e. The van der Waals surface area contributed by atoms with Gasteiger partial charge in [-0.05, 0) is 65.7 Å². The van der Waals surface area contributed by atoms with E-state index < -0.39 is 0 Å². The number of unbranched alkanes of at least 4 members (excludes halogenated alkanes) is 2. The van der Waals surface area contributed by atoms with Crippen LogP contribution >= 0.6 is 0 Å². The third-order valence-electron chi connectivity index (χ3n) is 6.77. The molecule has 0 aromatic heterocycles. The Bertz CT molecular complexity index is 481. The first-order valence-corrected chi connectivity index (χ1v) is 12.4. The smallest absolute Gasteiger partial charge is 0.227 e. The zero-order valence-corrected chi connectivity index (χ0v) is 20.1. The van der Waals surface area contributed by atoms with E-state index in [0.29, 0.717) is 24.9 Å². The van der Waals surface area contributed by atoms with Crippen LogP contribution in [0.3, 0.4) is 0 Å². The molecule has 0 N–H and O–H groups in total. The first kappa shape index (κ1) is 25.1. The standard InChI is InChI=1S/C24H46N4O2/c1-5-7-15-27(23(29)21-11-9-13-25(3)19-21)17-18-28(16-8-6-2)24(30)22-12-10-14-26(4)20-22/h21-22H,5-20H2,1-4H3. The number of carbonyl (C=O) groups is 2. The van der Waals surface area contributed by atoms with Crippen LogP contribution in [0.4, 0.5) is 0 Å². The summed E-state index contributed by atoms with van der Waals surface area (Å²) in [5, 5.41) is 0. The quantitative estimate of drug-likeness (QED) is 0.514. The van der Waals surface area contributed by atoms with Crippen LogP contribution in [-0.2, 0) is 9.59 Å². The Morgan fingerprint density at radius 2 is 1.13 bits per heavy atom. The molecule has 2 saturated heterocycles. The van der Waals surface area contributed by atoms with Crippen molar-refractivity contribution in [2.75, 3.05) is 66.5 Å². The molecule has 2 heterocycles. The average Bonchev–Trinajstić information content (AvgIpc) is 2.75. The van der Waals surface area contributed by atoms with Gasteiger partial charge in [0.2, 0.25) is 11.8 Å². The number of hydrogen-bond donors (Lipinski definition) is 0. The van der Waals surface area contributed by atoms with Crippen molar-refractivity contribution < 1.29 is 9.59 Å². The SMILES string of the molecule is CCCCN(CCN(CCCC)C(=O)C1CCCN(C)C1)C(=O)C1CCCN(C)C1. The molecule has 0 aliphatic carbocycles. The Hall–Kier alpha value is -1.14. The normalized spacial score (nSPS) is 23.3. The van der Waals surface area contributed by atoms with Crippen molar-refractivity contribution in [3.63, 3.8) is 0 Å². The van der Waals surface area contributed by atoms with Gasteiger partial charge < -0.3 is 19.6 Å². The number of rotatable bonds is 11.